The van der Waals surface area contributed by atoms with E-state index in [0.717, 1.165) is 65.4 Å². The second-order valence-corrected chi connectivity index (χ2v) is 17.8. The lowest BCUT2D eigenvalue weighted by Gasteiger charge is -2.28. The molecule has 0 saturated carbocycles. The van der Waals surface area contributed by atoms with E-state index in [4.69, 9.17) is 28.6 Å². The van der Waals surface area contributed by atoms with Gasteiger partial charge in [-0.3, -0.25) is 0 Å². The molecule has 4 heterocycles. The highest BCUT2D eigenvalue weighted by Crippen LogP contribution is 2.48. The molecule has 6 nitrogen and oxygen atoms in total. The van der Waals surface area contributed by atoms with Crippen LogP contribution in [0.25, 0.3) is 110 Å². The van der Waals surface area contributed by atoms with Gasteiger partial charge in [-0.1, -0.05) is 109 Å². The van der Waals surface area contributed by atoms with Crippen LogP contribution in [-0.4, -0.2) is 0 Å². The van der Waals surface area contributed by atoms with Crippen molar-refractivity contribution in [3.05, 3.63) is 243 Å². The first-order valence-corrected chi connectivity index (χ1v) is 23.4. The van der Waals surface area contributed by atoms with Gasteiger partial charge in [0.15, 0.2) is 0 Å². The number of hydrogen-bond donors (Lipinski definition) is 0. The summed E-state index contributed by atoms with van der Waals surface area (Å²) in [7, 11) is 0. The fraction of sp³-hybridized carbons (Fsp3) is 0. The minimum absolute atomic E-state index is 0.0113. The van der Waals surface area contributed by atoms with Crippen LogP contribution in [0.2, 0.25) is 0 Å². The molecule has 0 fully saturated rings. The van der Waals surface area contributed by atoms with Gasteiger partial charge >= 0.3 is 0 Å². The Kier molecular flexibility index (Phi) is 6.92. The van der Waals surface area contributed by atoms with Crippen LogP contribution in [0.15, 0.2) is 260 Å². The molecule has 15 aromatic rings. The number of nitrogens with zero attached hydrogens (tertiary/aromatic N) is 2. The van der Waals surface area contributed by atoms with E-state index in [2.05, 4.69) is 18.2 Å². The summed E-state index contributed by atoms with van der Waals surface area (Å²) in [5.41, 5.74) is 8.56. The summed E-state index contributed by atoms with van der Waals surface area (Å²) in [6.45, 7) is 0. The first kappa shape index (κ1) is 31.4. The van der Waals surface area contributed by atoms with E-state index < -0.39 is 36.3 Å². The van der Waals surface area contributed by atoms with Crippen molar-refractivity contribution in [1.29, 1.82) is 0 Å². The SMILES string of the molecule is [2H]c1c([2H])c([2H])c(-c2c(N(c3ccccc3)c3ccc4cc5c(cc4c3)oc3cc4oc6cc7cc(N(c8ccc9ccoc9c8-c8ccccc8)c8c([2H])c([2H])c([2H])c([2H])c8[2H])ccc7cc6c4cc35)ccc3ccoc23)c([2H])c1[2H]. The summed E-state index contributed by atoms with van der Waals surface area (Å²) >= 11 is 0. The molecule has 0 aliphatic heterocycles. The van der Waals surface area contributed by atoms with Gasteiger partial charge in [-0.15, -0.1) is 0 Å². The molecule has 0 saturated heterocycles. The third kappa shape index (κ3) is 6.36. The summed E-state index contributed by atoms with van der Waals surface area (Å²) in [6.07, 6.45) is 3.15. The Hall–Kier alpha value is -9.78. The zero-order valence-electron chi connectivity index (χ0n) is 47.8. The standard InChI is InChI=1S/C66H40N2O4/c1-5-13-41(14-6-1)63-57(27-23-43-29-31-69-65(43)63)67(49-17-9-3-10-18-49)51-25-21-45-35-53-55-39-56-54-36-46-22-26-52(34-48(46)38-60(54)72-62(56)40-61(55)71-59(53)37-47(45)33-51)68(50-19-11-4-12-20-50)58-28-24-44-30-32-70-66(44)64(58)42-15-7-2-8-16-42/h1-40H/i1D,4D,5D,6D,11D,12D,13D,14D,19D,20D. The summed E-state index contributed by atoms with van der Waals surface area (Å²) in [4.78, 5) is 3.73. The van der Waals surface area contributed by atoms with Gasteiger partial charge in [-0.05, 0) is 148 Å². The Morgan fingerprint density at radius 2 is 0.792 bits per heavy atom. The van der Waals surface area contributed by atoms with Crippen molar-refractivity contribution in [3.8, 4) is 22.3 Å². The smallest absolute Gasteiger partial charge is 0.143 e. The molecule has 0 aliphatic rings. The molecular weight excluding hydrogens is 885 g/mol. The van der Waals surface area contributed by atoms with Gasteiger partial charge in [0.25, 0.3) is 0 Å². The molecule has 338 valence electrons. The Bertz CT molecular complexity index is 5150. The summed E-state index contributed by atoms with van der Waals surface area (Å²) in [5, 5.41) is 8.61. The van der Waals surface area contributed by atoms with Crippen LogP contribution in [0.3, 0.4) is 0 Å². The molecule has 72 heavy (non-hydrogen) atoms. The molecule has 0 radical (unpaired) electrons. The molecule has 11 aromatic carbocycles. The van der Waals surface area contributed by atoms with Crippen LogP contribution in [0.4, 0.5) is 34.1 Å². The van der Waals surface area contributed by atoms with Gasteiger partial charge in [0.1, 0.15) is 33.5 Å². The highest BCUT2D eigenvalue weighted by Gasteiger charge is 2.24. The van der Waals surface area contributed by atoms with E-state index in [0.29, 0.717) is 67.1 Å². The van der Waals surface area contributed by atoms with Gasteiger partial charge in [-0.25, -0.2) is 0 Å². The van der Waals surface area contributed by atoms with Gasteiger partial charge in [0.2, 0.25) is 0 Å². The topological polar surface area (TPSA) is 59.0 Å². The van der Waals surface area contributed by atoms with E-state index in [1.165, 1.54) is 6.26 Å². The highest BCUT2D eigenvalue weighted by molar-refractivity contribution is 6.19. The third-order valence-electron chi connectivity index (χ3n) is 13.7. The lowest BCUT2D eigenvalue weighted by Crippen LogP contribution is -2.11. The van der Waals surface area contributed by atoms with Crippen molar-refractivity contribution in [1.82, 2.24) is 0 Å². The monoisotopic (exact) mass is 934 g/mol. The van der Waals surface area contributed by atoms with Crippen LogP contribution in [0.1, 0.15) is 13.7 Å². The maximum atomic E-state index is 9.21. The molecule has 0 atom stereocenters. The lowest BCUT2D eigenvalue weighted by atomic mass is 9.99. The maximum Gasteiger partial charge on any atom is 0.143 e. The normalized spacial score (nSPS) is 13.8. The second kappa shape index (κ2) is 15.9. The molecule has 0 unspecified atom stereocenters. The molecule has 6 heteroatoms. The molecule has 4 aromatic heterocycles. The number of hydrogen-bond acceptors (Lipinski definition) is 6. The average molecular weight is 935 g/mol. The molecule has 0 N–H and O–H groups in total. The van der Waals surface area contributed by atoms with E-state index in [1.807, 2.05) is 150 Å². The molecule has 0 amide bonds. The van der Waals surface area contributed by atoms with Gasteiger partial charge in [0, 0.05) is 72.3 Å². The molecular formula is C66H40N2O4. The first-order valence-electron chi connectivity index (χ1n) is 28.4. The van der Waals surface area contributed by atoms with Crippen molar-refractivity contribution in [2.75, 3.05) is 9.80 Å². The second-order valence-electron chi connectivity index (χ2n) is 17.8. The Morgan fingerprint density at radius 3 is 1.36 bits per heavy atom. The molecule has 0 spiro atoms. The molecule has 0 bridgehead atoms. The van der Waals surface area contributed by atoms with E-state index in [9.17, 15) is 2.74 Å². The fourth-order valence-corrected chi connectivity index (χ4v) is 10.4. The first-order chi connectivity index (χ1) is 39.8. The Balaban J connectivity index is 0.856. The van der Waals surface area contributed by atoms with E-state index in [-0.39, 0.29) is 35.4 Å². The predicted octanol–water partition coefficient (Wildman–Crippen LogP) is 19.6. The Labute approximate surface area is 426 Å². The maximum absolute atomic E-state index is 9.21. The van der Waals surface area contributed by atoms with E-state index in [1.54, 1.807) is 17.2 Å². The van der Waals surface area contributed by atoms with E-state index >= 15 is 0 Å². The zero-order valence-corrected chi connectivity index (χ0v) is 37.8. The number of benzene rings is 11. The van der Waals surface area contributed by atoms with Crippen LogP contribution < -0.4 is 9.80 Å². The summed E-state index contributed by atoms with van der Waals surface area (Å²) in [6, 6.07) is 50.5. The lowest BCUT2D eigenvalue weighted by molar-refractivity contribution is 0.616. The Morgan fingerprint density at radius 1 is 0.319 bits per heavy atom. The van der Waals surface area contributed by atoms with Crippen LogP contribution in [0.5, 0.6) is 0 Å². The van der Waals surface area contributed by atoms with Crippen molar-refractivity contribution >= 4 is 121 Å². The molecule has 15 rings (SSSR count). The minimum atomic E-state index is -0.487. The summed E-state index contributed by atoms with van der Waals surface area (Å²) in [5.74, 6) is 0. The van der Waals surface area contributed by atoms with Crippen LogP contribution in [-0.2, 0) is 0 Å². The number of furan rings is 4. The number of anilines is 6. The van der Waals surface area contributed by atoms with Gasteiger partial charge in [-0.2, -0.15) is 0 Å². The summed E-state index contributed by atoms with van der Waals surface area (Å²) < 4.78 is 113. The third-order valence-corrected chi connectivity index (χ3v) is 13.7. The van der Waals surface area contributed by atoms with Crippen molar-refractivity contribution in [2.24, 2.45) is 0 Å². The number of rotatable bonds is 8. The molecule has 0 aliphatic carbocycles. The predicted molar refractivity (Wildman–Crippen MR) is 296 cm³/mol. The van der Waals surface area contributed by atoms with Gasteiger partial charge in [0.05, 0.1) is 37.6 Å². The minimum Gasteiger partial charge on any atom is -0.464 e. The average Bonchev–Trinajstić information content (AvgIpc) is 2.58. The van der Waals surface area contributed by atoms with Crippen molar-refractivity contribution in [3.63, 3.8) is 0 Å². The highest BCUT2D eigenvalue weighted by atomic mass is 16.3. The number of para-hydroxylation sites is 2. The van der Waals surface area contributed by atoms with Crippen molar-refractivity contribution in [2.45, 2.75) is 0 Å². The van der Waals surface area contributed by atoms with Crippen molar-refractivity contribution < 1.29 is 31.4 Å². The van der Waals surface area contributed by atoms with Crippen LogP contribution in [0, 0.1) is 0 Å². The fourth-order valence-electron chi connectivity index (χ4n) is 10.4. The number of fused-ring (bicyclic) bond motifs is 10. The van der Waals surface area contributed by atoms with Gasteiger partial charge < -0.3 is 27.5 Å². The van der Waals surface area contributed by atoms with Crippen LogP contribution >= 0.6 is 0 Å². The zero-order chi connectivity index (χ0) is 56.0. The quantitative estimate of drug-likeness (QED) is 0.151. The largest absolute Gasteiger partial charge is 0.464 e.